The fourth-order valence-electron chi connectivity index (χ4n) is 4.42. The highest BCUT2D eigenvalue weighted by Crippen LogP contribution is 2.38. The molecule has 2 aliphatic carbocycles. The van der Waals surface area contributed by atoms with Gasteiger partial charge in [-0.05, 0) is 66.3 Å². The Morgan fingerprint density at radius 3 is 2.43 bits per heavy atom. The van der Waals surface area contributed by atoms with Crippen LogP contribution < -0.4 is 10.6 Å². The Morgan fingerprint density at radius 2 is 1.86 bits per heavy atom. The number of urea groups is 1. The van der Waals surface area contributed by atoms with Crippen LogP contribution >= 0.6 is 0 Å². The Bertz CT molecular complexity index is 886. The summed E-state index contributed by atoms with van der Waals surface area (Å²) in [5.74, 6) is -0.470. The number of carbonyl (C=O) groups is 2. The van der Waals surface area contributed by atoms with Crippen LogP contribution in [0.15, 0.2) is 18.5 Å². The second-order valence-corrected chi connectivity index (χ2v) is 7.63. The van der Waals surface area contributed by atoms with Crippen molar-refractivity contribution in [3.05, 3.63) is 46.3 Å². The molecule has 2 amide bonds. The first-order valence-electron chi connectivity index (χ1n) is 9.84. The van der Waals surface area contributed by atoms with Gasteiger partial charge in [-0.3, -0.25) is 4.68 Å². The lowest BCUT2D eigenvalue weighted by Crippen LogP contribution is -2.45. The first kappa shape index (κ1) is 18.5. The van der Waals surface area contributed by atoms with E-state index < -0.39 is 12.0 Å². The third-order valence-electron chi connectivity index (χ3n) is 5.70. The average Bonchev–Trinajstić information content (AvgIpc) is 3.41. The number of benzene rings is 1. The van der Waals surface area contributed by atoms with Crippen molar-refractivity contribution < 1.29 is 14.3 Å². The van der Waals surface area contributed by atoms with Gasteiger partial charge in [-0.25, -0.2) is 9.59 Å². The molecule has 28 heavy (non-hydrogen) atoms. The topological polar surface area (TPSA) is 85.2 Å². The van der Waals surface area contributed by atoms with Crippen LogP contribution in [0, 0.1) is 0 Å². The van der Waals surface area contributed by atoms with Crippen molar-refractivity contribution in [2.45, 2.75) is 51.0 Å². The number of carbonyl (C=O) groups excluding carboxylic acids is 2. The third kappa shape index (κ3) is 3.61. The lowest BCUT2D eigenvalue weighted by molar-refractivity contribution is -0.142. The summed E-state index contributed by atoms with van der Waals surface area (Å²) in [6.07, 6.45) is 10.2. The zero-order valence-electron chi connectivity index (χ0n) is 16.4. The maximum Gasteiger partial charge on any atom is 0.328 e. The molecule has 0 aliphatic heterocycles. The maximum absolute atomic E-state index is 12.8. The highest BCUT2D eigenvalue weighted by atomic mass is 16.5. The summed E-state index contributed by atoms with van der Waals surface area (Å²) >= 11 is 0. The second kappa shape index (κ2) is 7.66. The van der Waals surface area contributed by atoms with Crippen LogP contribution in [-0.2, 0) is 48.7 Å². The van der Waals surface area contributed by atoms with E-state index >= 15 is 0 Å². The van der Waals surface area contributed by atoms with E-state index in [1.165, 1.54) is 29.4 Å². The van der Waals surface area contributed by atoms with Gasteiger partial charge < -0.3 is 15.4 Å². The van der Waals surface area contributed by atoms with Crippen LogP contribution in [0.5, 0.6) is 0 Å². The molecule has 0 radical (unpaired) electrons. The molecule has 7 nitrogen and oxygen atoms in total. The minimum atomic E-state index is -0.765. The van der Waals surface area contributed by atoms with Crippen LogP contribution in [0.3, 0.4) is 0 Å². The number of rotatable bonds is 5. The lowest BCUT2D eigenvalue weighted by Gasteiger charge is -2.19. The molecule has 2 N–H and O–H groups in total. The first-order chi connectivity index (χ1) is 13.5. The van der Waals surface area contributed by atoms with Gasteiger partial charge in [0, 0.05) is 25.4 Å². The molecule has 2 aromatic rings. The molecule has 0 bridgehead atoms. The Kier molecular flexibility index (Phi) is 5.07. The number of anilines is 1. The fourth-order valence-corrected chi connectivity index (χ4v) is 4.42. The molecule has 4 rings (SSSR count). The summed E-state index contributed by atoms with van der Waals surface area (Å²) in [5, 5.41) is 9.98. The Hall–Kier alpha value is -2.83. The van der Waals surface area contributed by atoms with Crippen molar-refractivity contribution >= 4 is 17.7 Å². The van der Waals surface area contributed by atoms with Crippen molar-refractivity contribution in [3.8, 4) is 0 Å². The number of nitrogens with zero attached hydrogens (tertiary/aromatic N) is 2. The smallest absolute Gasteiger partial charge is 0.328 e. The van der Waals surface area contributed by atoms with Crippen molar-refractivity contribution in [1.82, 2.24) is 15.1 Å². The predicted octanol–water partition coefficient (Wildman–Crippen LogP) is 2.30. The standard InChI is InChI=1S/C21H26N4O3/c1-25-12-13(11-22-25)9-18(20(26)28-2)23-21(27)24-19-16-7-3-5-14(16)10-15-6-4-8-17(15)19/h10-12,18H,3-9H2,1-2H3,(H2,23,24,27). The summed E-state index contributed by atoms with van der Waals surface area (Å²) < 4.78 is 6.55. The van der Waals surface area contributed by atoms with Gasteiger partial charge in [-0.2, -0.15) is 5.10 Å². The molecule has 0 spiro atoms. The van der Waals surface area contributed by atoms with Crippen LogP contribution in [0.1, 0.15) is 40.7 Å². The van der Waals surface area contributed by atoms with Crippen molar-refractivity contribution in [2.24, 2.45) is 7.05 Å². The monoisotopic (exact) mass is 382 g/mol. The Labute approximate surface area is 164 Å². The normalized spacial score (nSPS) is 15.6. The third-order valence-corrected chi connectivity index (χ3v) is 5.70. The Balaban J connectivity index is 1.52. The fraction of sp³-hybridized carbons (Fsp3) is 0.476. The molecule has 0 fully saturated rings. The first-order valence-corrected chi connectivity index (χ1v) is 9.84. The molecule has 7 heteroatoms. The van der Waals surface area contributed by atoms with Gasteiger partial charge in [0.15, 0.2) is 0 Å². The molecule has 0 saturated heterocycles. The number of aromatic nitrogens is 2. The summed E-state index contributed by atoms with van der Waals surface area (Å²) in [4.78, 5) is 25.0. The minimum absolute atomic E-state index is 0.332. The highest BCUT2D eigenvalue weighted by molar-refractivity contribution is 5.94. The summed E-state index contributed by atoms with van der Waals surface area (Å²) in [6, 6.07) is 1.20. The SMILES string of the molecule is COC(=O)C(Cc1cnn(C)c1)NC(=O)Nc1c2c(cc3c1CCC3)CCC2. The number of hydrogen-bond donors (Lipinski definition) is 2. The average molecular weight is 382 g/mol. The van der Waals surface area contributed by atoms with E-state index in [1.54, 1.807) is 10.9 Å². The van der Waals surface area contributed by atoms with Gasteiger partial charge in [0.25, 0.3) is 0 Å². The molecule has 0 saturated carbocycles. The van der Waals surface area contributed by atoms with Crippen LogP contribution in [0.4, 0.5) is 10.5 Å². The van der Waals surface area contributed by atoms with Crippen LogP contribution in [-0.4, -0.2) is 34.9 Å². The van der Waals surface area contributed by atoms with Crippen molar-refractivity contribution in [3.63, 3.8) is 0 Å². The zero-order valence-corrected chi connectivity index (χ0v) is 16.4. The molecule has 1 atom stereocenters. The molecule has 1 aromatic heterocycles. The number of aryl methyl sites for hydroxylation is 3. The maximum atomic E-state index is 12.8. The molecule has 2 aliphatic rings. The number of ether oxygens (including phenoxy) is 1. The minimum Gasteiger partial charge on any atom is -0.467 e. The van der Waals surface area contributed by atoms with Gasteiger partial charge in [-0.15, -0.1) is 0 Å². The summed E-state index contributed by atoms with van der Waals surface area (Å²) in [6.45, 7) is 0. The molecule has 148 valence electrons. The largest absolute Gasteiger partial charge is 0.467 e. The number of methoxy groups -OCH3 is 1. The van der Waals surface area contributed by atoms with E-state index in [-0.39, 0.29) is 6.03 Å². The molecular formula is C21H26N4O3. The van der Waals surface area contributed by atoms with Gasteiger partial charge >= 0.3 is 12.0 Å². The van der Waals surface area contributed by atoms with E-state index in [4.69, 9.17) is 4.74 Å². The van der Waals surface area contributed by atoms with Gasteiger partial charge in [0.1, 0.15) is 6.04 Å². The zero-order chi connectivity index (χ0) is 19.7. The number of hydrogen-bond acceptors (Lipinski definition) is 4. The second-order valence-electron chi connectivity index (χ2n) is 7.63. The van der Waals surface area contributed by atoms with Gasteiger partial charge in [0.2, 0.25) is 0 Å². The quantitative estimate of drug-likeness (QED) is 0.777. The molecule has 1 heterocycles. The van der Waals surface area contributed by atoms with E-state index in [0.29, 0.717) is 6.42 Å². The van der Waals surface area contributed by atoms with E-state index in [9.17, 15) is 9.59 Å². The van der Waals surface area contributed by atoms with Gasteiger partial charge in [0.05, 0.1) is 13.3 Å². The van der Waals surface area contributed by atoms with Crippen molar-refractivity contribution in [2.75, 3.05) is 12.4 Å². The van der Waals surface area contributed by atoms with E-state index in [0.717, 1.165) is 49.8 Å². The van der Waals surface area contributed by atoms with Crippen LogP contribution in [0.25, 0.3) is 0 Å². The van der Waals surface area contributed by atoms with Crippen LogP contribution in [0.2, 0.25) is 0 Å². The predicted molar refractivity (Wildman–Crippen MR) is 105 cm³/mol. The summed E-state index contributed by atoms with van der Waals surface area (Å²) in [7, 11) is 3.14. The number of esters is 1. The highest BCUT2D eigenvalue weighted by Gasteiger charge is 2.27. The number of fused-ring (bicyclic) bond motifs is 2. The molecular weight excluding hydrogens is 356 g/mol. The number of nitrogens with one attached hydrogen (secondary N) is 2. The van der Waals surface area contributed by atoms with Gasteiger partial charge in [-0.1, -0.05) is 6.07 Å². The number of amides is 2. The summed E-state index contributed by atoms with van der Waals surface area (Å²) in [5.41, 5.74) is 7.06. The molecule has 1 aromatic carbocycles. The van der Waals surface area contributed by atoms with E-state index in [1.807, 2.05) is 13.2 Å². The molecule has 1 unspecified atom stereocenters. The Morgan fingerprint density at radius 1 is 1.18 bits per heavy atom. The van der Waals surface area contributed by atoms with Crippen molar-refractivity contribution in [1.29, 1.82) is 0 Å². The lowest BCUT2D eigenvalue weighted by atomic mass is 9.99. The van der Waals surface area contributed by atoms with E-state index in [2.05, 4.69) is 21.8 Å².